The van der Waals surface area contributed by atoms with Crippen molar-refractivity contribution in [3.8, 4) is 0 Å². The van der Waals surface area contributed by atoms with Crippen molar-refractivity contribution in [2.75, 3.05) is 13.1 Å². The third-order valence-corrected chi connectivity index (χ3v) is 4.77. The molecule has 0 radical (unpaired) electrons. The highest BCUT2D eigenvalue weighted by molar-refractivity contribution is 5.96. The van der Waals surface area contributed by atoms with Gasteiger partial charge in [-0.1, -0.05) is 42.5 Å². The molecule has 0 saturated carbocycles. The third-order valence-electron chi connectivity index (χ3n) is 4.77. The quantitative estimate of drug-likeness (QED) is 0.803. The molecule has 0 bridgehead atoms. The molecule has 1 heterocycles. The molecular formula is C22H26N2O4. The number of nitrogens with one attached hydrogen (secondary N) is 1. The number of aliphatic carboxylic acids is 1. The lowest BCUT2D eigenvalue weighted by Gasteiger charge is -2.35. The zero-order valence-corrected chi connectivity index (χ0v) is 16.2. The number of hydrogen-bond donors (Lipinski definition) is 2. The average Bonchev–Trinajstić information content (AvgIpc) is 2.66. The highest BCUT2D eigenvalue weighted by atomic mass is 16.5. The van der Waals surface area contributed by atoms with E-state index in [-0.39, 0.29) is 12.2 Å². The molecule has 6 nitrogen and oxygen atoms in total. The predicted molar refractivity (Wildman–Crippen MR) is 106 cm³/mol. The number of carbonyl (C=O) groups is 2. The van der Waals surface area contributed by atoms with Crippen molar-refractivity contribution in [2.45, 2.75) is 38.6 Å². The lowest BCUT2D eigenvalue weighted by Crippen LogP contribution is -2.44. The molecule has 6 heteroatoms. The van der Waals surface area contributed by atoms with Crippen LogP contribution >= 0.6 is 0 Å². The van der Waals surface area contributed by atoms with Gasteiger partial charge in [-0.2, -0.15) is 0 Å². The summed E-state index contributed by atoms with van der Waals surface area (Å²) >= 11 is 0. The Morgan fingerprint density at radius 1 is 1.07 bits per heavy atom. The van der Waals surface area contributed by atoms with E-state index in [0.29, 0.717) is 11.1 Å². The van der Waals surface area contributed by atoms with E-state index < -0.39 is 17.9 Å². The van der Waals surface area contributed by atoms with Crippen LogP contribution < -0.4 is 5.32 Å². The highest BCUT2D eigenvalue weighted by Gasteiger charge is 2.23. The third kappa shape index (κ3) is 5.18. The SMILES string of the molecule is CC1CN(Cc2ccc(C(=O)N[C@@H](C(=O)O)c3ccccc3)cc2)CC(C)O1. The van der Waals surface area contributed by atoms with Crippen molar-refractivity contribution in [1.82, 2.24) is 10.2 Å². The summed E-state index contributed by atoms with van der Waals surface area (Å²) in [4.78, 5) is 26.4. The smallest absolute Gasteiger partial charge is 0.330 e. The van der Waals surface area contributed by atoms with Crippen LogP contribution in [-0.2, 0) is 16.1 Å². The number of carboxylic acid groups (broad SMARTS) is 1. The van der Waals surface area contributed by atoms with Gasteiger partial charge in [-0.05, 0) is 37.1 Å². The predicted octanol–water partition coefficient (Wildman–Crippen LogP) is 2.85. The Kier molecular flexibility index (Phi) is 6.44. The van der Waals surface area contributed by atoms with E-state index >= 15 is 0 Å². The normalized spacial score (nSPS) is 21.1. The Labute approximate surface area is 165 Å². The zero-order valence-electron chi connectivity index (χ0n) is 16.2. The van der Waals surface area contributed by atoms with E-state index in [0.717, 1.165) is 25.2 Å². The molecule has 148 valence electrons. The first-order valence-corrected chi connectivity index (χ1v) is 9.47. The van der Waals surface area contributed by atoms with E-state index in [4.69, 9.17) is 4.74 Å². The number of ether oxygens (including phenoxy) is 1. The summed E-state index contributed by atoms with van der Waals surface area (Å²) in [5.41, 5.74) is 2.08. The zero-order chi connectivity index (χ0) is 20.1. The molecule has 1 saturated heterocycles. The van der Waals surface area contributed by atoms with E-state index in [1.807, 2.05) is 12.1 Å². The largest absolute Gasteiger partial charge is 0.479 e. The van der Waals surface area contributed by atoms with Gasteiger partial charge in [0.25, 0.3) is 5.91 Å². The summed E-state index contributed by atoms with van der Waals surface area (Å²) in [6, 6.07) is 14.9. The monoisotopic (exact) mass is 382 g/mol. The minimum Gasteiger partial charge on any atom is -0.479 e. The molecule has 28 heavy (non-hydrogen) atoms. The second kappa shape index (κ2) is 8.99. The van der Waals surface area contributed by atoms with Crippen molar-refractivity contribution in [1.29, 1.82) is 0 Å². The topological polar surface area (TPSA) is 78.9 Å². The van der Waals surface area contributed by atoms with Gasteiger partial charge in [0.05, 0.1) is 12.2 Å². The molecular weight excluding hydrogens is 356 g/mol. The van der Waals surface area contributed by atoms with E-state index in [1.165, 1.54) is 0 Å². The standard InChI is InChI=1S/C22H26N2O4/c1-15-12-24(13-16(2)28-15)14-17-8-10-19(11-9-17)21(25)23-20(22(26)27)18-6-4-3-5-7-18/h3-11,15-16,20H,12-14H2,1-2H3,(H,23,25)(H,26,27)/t15?,16?,20-/m1/s1. The van der Waals surface area contributed by atoms with Gasteiger partial charge in [-0.15, -0.1) is 0 Å². The van der Waals surface area contributed by atoms with Crippen molar-refractivity contribution in [2.24, 2.45) is 0 Å². The average molecular weight is 382 g/mol. The minimum atomic E-state index is -1.09. The molecule has 2 aromatic carbocycles. The number of rotatable bonds is 6. The van der Waals surface area contributed by atoms with Gasteiger partial charge in [-0.3, -0.25) is 9.69 Å². The Hall–Kier alpha value is -2.70. The maximum Gasteiger partial charge on any atom is 0.330 e. The van der Waals surface area contributed by atoms with Crippen LogP contribution in [0.1, 0.15) is 41.4 Å². The molecule has 1 aliphatic heterocycles. The second-order valence-electron chi connectivity index (χ2n) is 7.30. The first kappa shape index (κ1) is 20.0. The van der Waals surface area contributed by atoms with Crippen LogP contribution in [0.5, 0.6) is 0 Å². The summed E-state index contributed by atoms with van der Waals surface area (Å²) < 4.78 is 5.75. The van der Waals surface area contributed by atoms with Gasteiger partial charge < -0.3 is 15.2 Å². The van der Waals surface area contributed by atoms with Gasteiger partial charge in [0.1, 0.15) is 0 Å². The summed E-state index contributed by atoms with van der Waals surface area (Å²) in [5, 5.41) is 12.1. The molecule has 0 spiro atoms. The number of benzene rings is 2. The molecule has 2 N–H and O–H groups in total. The Morgan fingerprint density at radius 3 is 2.25 bits per heavy atom. The molecule has 2 aromatic rings. The van der Waals surface area contributed by atoms with Crippen LogP contribution in [0.4, 0.5) is 0 Å². The van der Waals surface area contributed by atoms with Crippen molar-refractivity contribution in [3.05, 3.63) is 71.3 Å². The summed E-state index contributed by atoms with van der Waals surface area (Å²) in [6.45, 7) is 6.69. The second-order valence-corrected chi connectivity index (χ2v) is 7.30. The molecule has 3 rings (SSSR count). The molecule has 0 aliphatic carbocycles. The van der Waals surface area contributed by atoms with Crippen LogP contribution in [0, 0.1) is 0 Å². The van der Waals surface area contributed by atoms with Gasteiger partial charge in [0.2, 0.25) is 0 Å². The number of amides is 1. The Morgan fingerprint density at radius 2 is 1.68 bits per heavy atom. The number of carboxylic acids is 1. The first-order chi connectivity index (χ1) is 13.4. The fraction of sp³-hybridized carbons (Fsp3) is 0.364. The summed E-state index contributed by atoms with van der Waals surface area (Å²) in [6.07, 6.45) is 0.416. The maximum absolute atomic E-state index is 12.5. The molecule has 1 fully saturated rings. The van der Waals surface area contributed by atoms with Crippen molar-refractivity contribution < 1.29 is 19.4 Å². The van der Waals surface area contributed by atoms with Crippen molar-refractivity contribution in [3.63, 3.8) is 0 Å². The number of hydrogen-bond acceptors (Lipinski definition) is 4. The number of morpholine rings is 1. The van der Waals surface area contributed by atoms with Gasteiger partial charge in [0, 0.05) is 25.2 Å². The van der Waals surface area contributed by atoms with Crippen LogP contribution in [0.25, 0.3) is 0 Å². The van der Waals surface area contributed by atoms with E-state index in [9.17, 15) is 14.7 Å². The Bertz CT molecular complexity index is 797. The first-order valence-electron chi connectivity index (χ1n) is 9.47. The molecule has 3 atom stereocenters. The molecule has 2 unspecified atom stereocenters. The van der Waals surface area contributed by atoms with Crippen molar-refractivity contribution >= 4 is 11.9 Å². The van der Waals surface area contributed by atoms with Crippen LogP contribution in [-0.4, -0.2) is 47.2 Å². The fourth-order valence-corrected chi connectivity index (χ4v) is 3.58. The van der Waals surface area contributed by atoms with Gasteiger partial charge in [-0.25, -0.2) is 4.79 Å². The number of nitrogens with zero attached hydrogens (tertiary/aromatic N) is 1. The van der Waals surface area contributed by atoms with Crippen LogP contribution in [0.15, 0.2) is 54.6 Å². The minimum absolute atomic E-state index is 0.208. The van der Waals surface area contributed by atoms with E-state index in [1.54, 1.807) is 42.5 Å². The summed E-state index contributed by atoms with van der Waals surface area (Å²) in [7, 11) is 0. The Balaban J connectivity index is 1.64. The van der Waals surface area contributed by atoms with Crippen LogP contribution in [0.3, 0.4) is 0 Å². The van der Waals surface area contributed by atoms with Crippen LogP contribution in [0.2, 0.25) is 0 Å². The van der Waals surface area contributed by atoms with Gasteiger partial charge in [0.15, 0.2) is 6.04 Å². The lowest BCUT2D eigenvalue weighted by atomic mass is 10.1. The van der Waals surface area contributed by atoms with E-state index in [2.05, 4.69) is 24.1 Å². The summed E-state index contributed by atoms with van der Waals surface area (Å²) in [5.74, 6) is -1.50. The van der Waals surface area contributed by atoms with Gasteiger partial charge >= 0.3 is 5.97 Å². The molecule has 1 aliphatic rings. The number of carbonyl (C=O) groups excluding carboxylic acids is 1. The molecule has 0 aromatic heterocycles. The lowest BCUT2D eigenvalue weighted by molar-refractivity contribution is -0.139. The highest BCUT2D eigenvalue weighted by Crippen LogP contribution is 2.16. The molecule has 1 amide bonds. The maximum atomic E-state index is 12.5. The fourth-order valence-electron chi connectivity index (χ4n) is 3.58.